The van der Waals surface area contributed by atoms with Crippen molar-refractivity contribution in [2.45, 2.75) is 19.9 Å². The molecular formula is C16H15FN2O2. The second kappa shape index (κ2) is 5.09. The summed E-state index contributed by atoms with van der Waals surface area (Å²) in [6, 6.07) is 9.10. The molecule has 1 heterocycles. The molecule has 1 aromatic heterocycles. The summed E-state index contributed by atoms with van der Waals surface area (Å²) in [7, 11) is 0. The van der Waals surface area contributed by atoms with Crippen LogP contribution in [-0.4, -0.2) is 20.0 Å². The number of hydrogen-bond donors (Lipinski definition) is 2. The summed E-state index contributed by atoms with van der Waals surface area (Å²) in [6.07, 6.45) is 0.826. The molecule has 21 heavy (non-hydrogen) atoms. The molecule has 0 aliphatic carbocycles. The lowest BCUT2D eigenvalue weighted by atomic mass is 10.1. The Labute approximate surface area is 121 Å². The average molecular weight is 286 g/mol. The maximum absolute atomic E-state index is 14.1. The summed E-state index contributed by atoms with van der Waals surface area (Å²) < 4.78 is 15.7. The molecule has 2 N–H and O–H groups in total. The van der Waals surface area contributed by atoms with E-state index in [4.69, 9.17) is 0 Å². The maximum atomic E-state index is 14.1. The molecule has 0 aliphatic heterocycles. The molecule has 4 nitrogen and oxygen atoms in total. The van der Waals surface area contributed by atoms with Crippen molar-refractivity contribution in [3.8, 4) is 22.8 Å². The van der Waals surface area contributed by atoms with E-state index in [1.54, 1.807) is 22.9 Å². The van der Waals surface area contributed by atoms with Gasteiger partial charge in [0.05, 0.1) is 0 Å². The summed E-state index contributed by atoms with van der Waals surface area (Å²) in [5.74, 6) is -0.444. The standard InChI is InChI=1S/C16H15FN2O2/c1-2-8-19-16-12(4-3-5-13(16)17)15(18-19)11-7-6-10(20)9-14(11)21/h3-7,9,20-21H,2,8H2,1H3. The van der Waals surface area contributed by atoms with Gasteiger partial charge in [-0.25, -0.2) is 4.39 Å². The Morgan fingerprint density at radius 1 is 1.19 bits per heavy atom. The number of aromatic hydroxyl groups is 2. The Morgan fingerprint density at radius 2 is 2.00 bits per heavy atom. The second-order valence-corrected chi connectivity index (χ2v) is 4.91. The van der Waals surface area contributed by atoms with Gasteiger partial charge in [0.25, 0.3) is 0 Å². The lowest BCUT2D eigenvalue weighted by Crippen LogP contribution is -2.00. The van der Waals surface area contributed by atoms with Crippen LogP contribution in [0.3, 0.4) is 0 Å². The van der Waals surface area contributed by atoms with E-state index in [0.717, 1.165) is 6.42 Å². The maximum Gasteiger partial charge on any atom is 0.149 e. The van der Waals surface area contributed by atoms with Gasteiger partial charge in [0.1, 0.15) is 28.5 Å². The fraction of sp³-hybridized carbons (Fsp3) is 0.188. The van der Waals surface area contributed by atoms with E-state index in [2.05, 4.69) is 5.10 Å². The van der Waals surface area contributed by atoms with Crippen LogP contribution in [0.15, 0.2) is 36.4 Å². The number of phenolic OH excluding ortho intramolecular Hbond substituents is 2. The van der Waals surface area contributed by atoms with E-state index in [0.29, 0.717) is 28.7 Å². The van der Waals surface area contributed by atoms with Gasteiger partial charge in [0, 0.05) is 23.6 Å². The normalized spacial score (nSPS) is 11.1. The molecule has 3 rings (SSSR count). The van der Waals surface area contributed by atoms with E-state index in [-0.39, 0.29) is 17.3 Å². The number of para-hydroxylation sites is 1. The highest BCUT2D eigenvalue weighted by Gasteiger charge is 2.17. The van der Waals surface area contributed by atoms with Gasteiger partial charge in [-0.3, -0.25) is 4.68 Å². The third kappa shape index (κ3) is 2.20. The fourth-order valence-corrected chi connectivity index (χ4v) is 2.49. The largest absolute Gasteiger partial charge is 0.508 e. The molecule has 0 atom stereocenters. The van der Waals surface area contributed by atoms with E-state index < -0.39 is 0 Å². The molecular weight excluding hydrogens is 271 g/mol. The molecule has 0 amide bonds. The van der Waals surface area contributed by atoms with Gasteiger partial charge < -0.3 is 10.2 Å². The van der Waals surface area contributed by atoms with Crippen molar-refractivity contribution < 1.29 is 14.6 Å². The van der Waals surface area contributed by atoms with Crippen molar-refractivity contribution >= 4 is 10.9 Å². The Bertz CT molecular complexity index is 811. The van der Waals surface area contributed by atoms with Crippen molar-refractivity contribution in [2.24, 2.45) is 0 Å². The fourth-order valence-electron chi connectivity index (χ4n) is 2.49. The van der Waals surface area contributed by atoms with Crippen molar-refractivity contribution in [3.63, 3.8) is 0 Å². The van der Waals surface area contributed by atoms with Gasteiger partial charge >= 0.3 is 0 Å². The van der Waals surface area contributed by atoms with E-state index in [1.807, 2.05) is 6.92 Å². The third-order valence-corrected chi connectivity index (χ3v) is 3.39. The number of aromatic nitrogens is 2. The minimum Gasteiger partial charge on any atom is -0.508 e. The van der Waals surface area contributed by atoms with Gasteiger partial charge in [0.2, 0.25) is 0 Å². The SMILES string of the molecule is CCCn1nc(-c2ccc(O)cc2O)c2cccc(F)c21. The average Bonchev–Trinajstić information content (AvgIpc) is 2.79. The Kier molecular flexibility index (Phi) is 3.25. The topological polar surface area (TPSA) is 58.3 Å². The minimum atomic E-state index is -0.335. The molecule has 0 bridgehead atoms. The smallest absolute Gasteiger partial charge is 0.149 e. The number of hydrogen-bond acceptors (Lipinski definition) is 3. The number of rotatable bonds is 3. The van der Waals surface area contributed by atoms with E-state index in [1.165, 1.54) is 18.2 Å². The highest BCUT2D eigenvalue weighted by atomic mass is 19.1. The van der Waals surface area contributed by atoms with Gasteiger partial charge in [-0.1, -0.05) is 19.1 Å². The van der Waals surface area contributed by atoms with E-state index >= 15 is 0 Å². The van der Waals surface area contributed by atoms with Crippen LogP contribution in [0.4, 0.5) is 4.39 Å². The first kappa shape index (κ1) is 13.4. The summed E-state index contributed by atoms with van der Waals surface area (Å²) in [5, 5.41) is 24.5. The van der Waals surface area contributed by atoms with Crippen molar-refractivity contribution in [2.75, 3.05) is 0 Å². The number of nitrogens with zero attached hydrogens (tertiary/aromatic N) is 2. The zero-order valence-corrected chi connectivity index (χ0v) is 11.5. The lowest BCUT2D eigenvalue weighted by molar-refractivity contribution is 0.451. The number of halogens is 1. The first-order valence-electron chi connectivity index (χ1n) is 6.79. The van der Waals surface area contributed by atoms with Crippen molar-refractivity contribution in [1.29, 1.82) is 0 Å². The minimum absolute atomic E-state index is 0.0280. The number of aryl methyl sites for hydroxylation is 1. The molecule has 0 saturated carbocycles. The van der Waals surface area contributed by atoms with Crippen LogP contribution < -0.4 is 0 Å². The van der Waals surface area contributed by atoms with E-state index in [9.17, 15) is 14.6 Å². The lowest BCUT2D eigenvalue weighted by Gasteiger charge is -2.02. The van der Waals surface area contributed by atoms with Crippen LogP contribution in [-0.2, 0) is 6.54 Å². The summed E-state index contributed by atoms with van der Waals surface area (Å²) >= 11 is 0. The number of benzene rings is 2. The highest BCUT2D eigenvalue weighted by molar-refractivity contribution is 5.95. The Hall–Kier alpha value is -2.56. The molecule has 0 aliphatic rings. The molecule has 2 aromatic carbocycles. The van der Waals surface area contributed by atoms with Crippen LogP contribution in [0, 0.1) is 5.82 Å². The summed E-state index contributed by atoms with van der Waals surface area (Å²) in [5.41, 5.74) is 1.41. The van der Waals surface area contributed by atoms with Gasteiger partial charge in [-0.05, 0) is 24.6 Å². The quantitative estimate of drug-likeness (QED) is 0.772. The molecule has 5 heteroatoms. The van der Waals surface area contributed by atoms with Crippen molar-refractivity contribution in [3.05, 3.63) is 42.2 Å². The number of phenols is 2. The van der Waals surface area contributed by atoms with Crippen LogP contribution >= 0.6 is 0 Å². The highest BCUT2D eigenvalue weighted by Crippen LogP contribution is 2.36. The monoisotopic (exact) mass is 286 g/mol. The summed E-state index contributed by atoms with van der Waals surface area (Å²) in [6.45, 7) is 2.59. The summed E-state index contributed by atoms with van der Waals surface area (Å²) in [4.78, 5) is 0. The zero-order chi connectivity index (χ0) is 15.0. The molecule has 108 valence electrons. The molecule has 0 unspecified atom stereocenters. The van der Waals surface area contributed by atoms with Gasteiger partial charge in [-0.15, -0.1) is 0 Å². The first-order chi connectivity index (χ1) is 10.1. The second-order valence-electron chi connectivity index (χ2n) is 4.91. The zero-order valence-electron chi connectivity index (χ0n) is 11.5. The molecule has 0 saturated heterocycles. The van der Waals surface area contributed by atoms with Gasteiger partial charge in [0.15, 0.2) is 0 Å². The number of fused-ring (bicyclic) bond motifs is 1. The Morgan fingerprint density at radius 3 is 2.71 bits per heavy atom. The predicted octanol–water partition coefficient (Wildman–Crippen LogP) is 3.66. The molecule has 0 fully saturated rings. The van der Waals surface area contributed by atoms with Crippen LogP contribution in [0.2, 0.25) is 0 Å². The first-order valence-corrected chi connectivity index (χ1v) is 6.79. The van der Waals surface area contributed by atoms with Crippen LogP contribution in [0.1, 0.15) is 13.3 Å². The Balaban J connectivity index is 2.30. The van der Waals surface area contributed by atoms with Gasteiger partial charge in [-0.2, -0.15) is 5.10 Å². The molecule has 0 radical (unpaired) electrons. The third-order valence-electron chi connectivity index (χ3n) is 3.39. The van der Waals surface area contributed by atoms with Crippen molar-refractivity contribution in [1.82, 2.24) is 9.78 Å². The van der Waals surface area contributed by atoms with Crippen LogP contribution in [0.5, 0.6) is 11.5 Å². The molecule has 3 aromatic rings. The predicted molar refractivity (Wildman–Crippen MR) is 78.7 cm³/mol. The molecule has 0 spiro atoms. The van der Waals surface area contributed by atoms with Crippen LogP contribution in [0.25, 0.3) is 22.2 Å².